The van der Waals surface area contributed by atoms with E-state index in [1.807, 2.05) is 7.05 Å². The van der Waals surface area contributed by atoms with Gasteiger partial charge >= 0.3 is 0 Å². The molecular formula is C12H17BrFNO. The van der Waals surface area contributed by atoms with Crippen LogP contribution in [0.4, 0.5) is 4.39 Å². The molecule has 0 saturated carbocycles. The zero-order valence-corrected chi connectivity index (χ0v) is 11.1. The van der Waals surface area contributed by atoms with Gasteiger partial charge in [-0.05, 0) is 50.7 Å². The van der Waals surface area contributed by atoms with E-state index in [0.29, 0.717) is 12.8 Å². The van der Waals surface area contributed by atoms with E-state index < -0.39 is 5.60 Å². The molecule has 1 atom stereocenters. The molecule has 0 aliphatic heterocycles. The van der Waals surface area contributed by atoms with E-state index in [4.69, 9.17) is 0 Å². The number of nitrogens with one attached hydrogen (secondary N) is 1. The first-order chi connectivity index (χ1) is 7.44. The van der Waals surface area contributed by atoms with Gasteiger partial charge in [-0.3, -0.25) is 0 Å². The van der Waals surface area contributed by atoms with Crippen molar-refractivity contribution in [2.24, 2.45) is 0 Å². The fraction of sp³-hybridized carbons (Fsp3) is 0.500. The van der Waals surface area contributed by atoms with Gasteiger partial charge in [-0.25, -0.2) is 4.39 Å². The van der Waals surface area contributed by atoms with Crippen molar-refractivity contribution in [3.8, 4) is 0 Å². The summed E-state index contributed by atoms with van der Waals surface area (Å²) >= 11 is 3.36. The fourth-order valence-electron chi connectivity index (χ4n) is 1.57. The molecule has 0 aromatic heterocycles. The molecule has 1 aromatic rings. The zero-order valence-electron chi connectivity index (χ0n) is 9.56. The van der Waals surface area contributed by atoms with E-state index in [-0.39, 0.29) is 5.82 Å². The predicted molar refractivity (Wildman–Crippen MR) is 67.0 cm³/mol. The average molecular weight is 290 g/mol. The molecule has 1 rings (SSSR count). The first-order valence-corrected chi connectivity index (χ1v) is 6.05. The number of benzene rings is 1. The molecule has 4 heteroatoms. The maximum absolute atomic E-state index is 13.1. The van der Waals surface area contributed by atoms with Crippen LogP contribution in [0.1, 0.15) is 18.9 Å². The number of hydrogen-bond acceptors (Lipinski definition) is 2. The maximum atomic E-state index is 13.1. The first kappa shape index (κ1) is 13.6. The lowest BCUT2D eigenvalue weighted by atomic mass is 9.93. The van der Waals surface area contributed by atoms with Crippen LogP contribution in [0.5, 0.6) is 0 Å². The van der Waals surface area contributed by atoms with E-state index in [2.05, 4.69) is 21.2 Å². The van der Waals surface area contributed by atoms with E-state index in [0.717, 1.165) is 16.6 Å². The van der Waals surface area contributed by atoms with Gasteiger partial charge in [-0.2, -0.15) is 0 Å². The highest BCUT2D eigenvalue weighted by Crippen LogP contribution is 2.24. The van der Waals surface area contributed by atoms with Gasteiger partial charge in [-0.15, -0.1) is 0 Å². The average Bonchev–Trinajstić information content (AvgIpc) is 2.20. The van der Waals surface area contributed by atoms with Crippen LogP contribution in [0.15, 0.2) is 22.7 Å². The van der Waals surface area contributed by atoms with Crippen LogP contribution in [0.3, 0.4) is 0 Å². The minimum absolute atomic E-state index is 0.275. The van der Waals surface area contributed by atoms with E-state index in [9.17, 15) is 9.50 Å². The van der Waals surface area contributed by atoms with Crippen LogP contribution in [0.25, 0.3) is 0 Å². The van der Waals surface area contributed by atoms with Gasteiger partial charge in [0.05, 0.1) is 5.60 Å². The largest absolute Gasteiger partial charge is 0.390 e. The molecular weight excluding hydrogens is 273 g/mol. The van der Waals surface area contributed by atoms with E-state index in [1.165, 1.54) is 12.1 Å². The molecule has 0 fully saturated rings. The fourth-order valence-corrected chi connectivity index (χ4v) is 1.96. The molecule has 1 aromatic carbocycles. The van der Waals surface area contributed by atoms with Crippen LogP contribution < -0.4 is 5.32 Å². The lowest BCUT2D eigenvalue weighted by molar-refractivity contribution is 0.0518. The molecule has 0 amide bonds. The SMILES string of the molecule is CNCCC(C)(O)Cc1cc(F)ccc1Br. The standard InChI is InChI=1S/C12H17BrFNO/c1-12(16,5-6-15-2)8-9-7-10(14)3-4-11(9)13/h3-4,7,15-16H,5-6,8H2,1-2H3. The molecule has 0 heterocycles. The van der Waals surface area contributed by atoms with Crippen LogP contribution in [-0.2, 0) is 6.42 Å². The second-order valence-corrected chi connectivity index (χ2v) is 5.12. The summed E-state index contributed by atoms with van der Waals surface area (Å²) in [4.78, 5) is 0. The van der Waals surface area contributed by atoms with Gasteiger partial charge in [-0.1, -0.05) is 15.9 Å². The van der Waals surface area contributed by atoms with Crippen molar-refractivity contribution >= 4 is 15.9 Å². The Morgan fingerprint density at radius 2 is 2.19 bits per heavy atom. The van der Waals surface area contributed by atoms with E-state index in [1.54, 1.807) is 13.0 Å². The van der Waals surface area contributed by atoms with Gasteiger partial charge in [0.15, 0.2) is 0 Å². The Morgan fingerprint density at radius 3 is 2.81 bits per heavy atom. The number of aliphatic hydroxyl groups is 1. The molecule has 2 N–H and O–H groups in total. The smallest absolute Gasteiger partial charge is 0.123 e. The van der Waals surface area contributed by atoms with Gasteiger partial charge < -0.3 is 10.4 Å². The Balaban J connectivity index is 2.74. The van der Waals surface area contributed by atoms with Crippen molar-refractivity contribution in [3.63, 3.8) is 0 Å². The third kappa shape index (κ3) is 4.20. The monoisotopic (exact) mass is 289 g/mol. The minimum atomic E-state index is -0.820. The molecule has 1 unspecified atom stereocenters. The van der Waals surface area contributed by atoms with Gasteiger partial charge in [0.1, 0.15) is 5.82 Å². The summed E-state index contributed by atoms with van der Waals surface area (Å²) in [5.74, 6) is -0.275. The Hall–Kier alpha value is -0.450. The zero-order chi connectivity index (χ0) is 12.2. The first-order valence-electron chi connectivity index (χ1n) is 5.25. The van der Waals surface area contributed by atoms with Crippen LogP contribution >= 0.6 is 15.9 Å². The Labute approximate surface area is 104 Å². The Morgan fingerprint density at radius 1 is 1.50 bits per heavy atom. The highest BCUT2D eigenvalue weighted by molar-refractivity contribution is 9.10. The summed E-state index contributed by atoms with van der Waals surface area (Å²) in [5.41, 5.74) is -0.0274. The number of rotatable bonds is 5. The molecule has 0 saturated heterocycles. The molecule has 90 valence electrons. The van der Waals surface area contributed by atoms with Crippen molar-refractivity contribution in [2.45, 2.75) is 25.4 Å². The molecule has 0 spiro atoms. The summed E-state index contributed by atoms with van der Waals surface area (Å²) in [7, 11) is 1.84. The molecule has 0 aliphatic rings. The summed E-state index contributed by atoms with van der Waals surface area (Å²) in [6.07, 6.45) is 1.07. The molecule has 0 bridgehead atoms. The van der Waals surface area contributed by atoms with Crippen molar-refractivity contribution in [1.82, 2.24) is 5.32 Å². The third-order valence-corrected chi connectivity index (χ3v) is 3.27. The normalized spacial score (nSPS) is 14.8. The molecule has 0 radical (unpaired) electrons. The molecule has 2 nitrogen and oxygen atoms in total. The minimum Gasteiger partial charge on any atom is -0.390 e. The summed E-state index contributed by atoms with van der Waals surface area (Å²) in [6, 6.07) is 4.52. The molecule has 16 heavy (non-hydrogen) atoms. The van der Waals surface area contributed by atoms with E-state index >= 15 is 0 Å². The quantitative estimate of drug-likeness (QED) is 0.873. The maximum Gasteiger partial charge on any atom is 0.123 e. The number of halogens is 2. The Kier molecular flexibility index (Phi) is 4.89. The van der Waals surface area contributed by atoms with Crippen LogP contribution in [0.2, 0.25) is 0 Å². The van der Waals surface area contributed by atoms with Crippen molar-refractivity contribution in [1.29, 1.82) is 0 Å². The van der Waals surface area contributed by atoms with Gasteiger partial charge in [0.25, 0.3) is 0 Å². The predicted octanol–water partition coefficient (Wildman–Crippen LogP) is 2.49. The number of hydrogen-bond donors (Lipinski definition) is 2. The van der Waals surface area contributed by atoms with Gasteiger partial charge in [0, 0.05) is 10.9 Å². The lowest BCUT2D eigenvalue weighted by Crippen LogP contribution is -2.31. The van der Waals surface area contributed by atoms with Gasteiger partial charge in [0.2, 0.25) is 0 Å². The van der Waals surface area contributed by atoms with Crippen molar-refractivity contribution in [3.05, 3.63) is 34.1 Å². The highest BCUT2D eigenvalue weighted by Gasteiger charge is 2.21. The topological polar surface area (TPSA) is 32.3 Å². The highest BCUT2D eigenvalue weighted by atomic mass is 79.9. The van der Waals surface area contributed by atoms with Crippen molar-refractivity contribution < 1.29 is 9.50 Å². The third-order valence-electron chi connectivity index (χ3n) is 2.49. The van der Waals surface area contributed by atoms with Crippen LogP contribution in [-0.4, -0.2) is 24.3 Å². The second kappa shape index (κ2) is 5.75. The lowest BCUT2D eigenvalue weighted by Gasteiger charge is -2.23. The Bertz CT molecular complexity index is 355. The second-order valence-electron chi connectivity index (χ2n) is 4.26. The van der Waals surface area contributed by atoms with Crippen molar-refractivity contribution in [2.75, 3.05) is 13.6 Å². The van der Waals surface area contributed by atoms with Crippen LogP contribution in [0, 0.1) is 5.82 Å². The summed E-state index contributed by atoms with van der Waals surface area (Å²) in [5, 5.41) is 13.1. The summed E-state index contributed by atoms with van der Waals surface area (Å²) < 4.78 is 13.9. The molecule has 0 aliphatic carbocycles. The summed E-state index contributed by atoms with van der Waals surface area (Å²) in [6.45, 7) is 2.50.